The number of aryl methyl sites for hydroxylation is 1. The number of halogens is 2. The van der Waals surface area contributed by atoms with E-state index < -0.39 is 5.82 Å². The van der Waals surface area contributed by atoms with E-state index in [-0.39, 0.29) is 23.0 Å². The van der Waals surface area contributed by atoms with E-state index in [1.807, 2.05) is 18.5 Å². The average molecular weight is 338 g/mol. The highest BCUT2D eigenvalue weighted by Gasteiger charge is 2.17. The van der Waals surface area contributed by atoms with Crippen molar-refractivity contribution in [3.8, 4) is 0 Å². The quantitative estimate of drug-likeness (QED) is 0.891. The Morgan fingerprint density at radius 1 is 1.39 bits per heavy atom. The van der Waals surface area contributed by atoms with Crippen molar-refractivity contribution in [3.05, 3.63) is 46.0 Å². The summed E-state index contributed by atoms with van der Waals surface area (Å²) in [6.45, 7) is 8.87. The largest absolute Gasteiger partial charge is 0.323 e. The molecule has 1 aromatic heterocycles. The lowest BCUT2D eigenvalue weighted by molar-refractivity contribution is -0.115. The zero-order chi connectivity index (χ0) is 17.1. The van der Waals surface area contributed by atoms with Crippen molar-refractivity contribution in [2.24, 2.45) is 5.92 Å². The minimum absolute atomic E-state index is 0.0140. The first-order valence-corrected chi connectivity index (χ1v) is 7.94. The van der Waals surface area contributed by atoms with E-state index >= 15 is 0 Å². The van der Waals surface area contributed by atoms with Crippen LogP contribution in [0.25, 0.3) is 0 Å². The van der Waals surface area contributed by atoms with Crippen LogP contribution < -0.4 is 5.32 Å². The third kappa shape index (κ3) is 4.10. The Bertz CT molecular complexity index is 725. The van der Waals surface area contributed by atoms with Gasteiger partial charge >= 0.3 is 0 Å². The number of amides is 1. The van der Waals surface area contributed by atoms with E-state index in [0.717, 1.165) is 23.5 Å². The van der Waals surface area contributed by atoms with E-state index in [1.165, 1.54) is 12.1 Å². The SMILES string of the molecule is Cc1nn(CC(C)C)c(C)c1CC(=O)Nc1cccc(Cl)c1F. The topological polar surface area (TPSA) is 46.9 Å². The zero-order valence-corrected chi connectivity index (χ0v) is 14.5. The summed E-state index contributed by atoms with van der Waals surface area (Å²) >= 11 is 5.72. The zero-order valence-electron chi connectivity index (χ0n) is 13.8. The Morgan fingerprint density at radius 3 is 2.74 bits per heavy atom. The van der Waals surface area contributed by atoms with Gasteiger partial charge in [-0.25, -0.2) is 4.39 Å². The van der Waals surface area contributed by atoms with E-state index in [1.54, 1.807) is 6.07 Å². The Balaban J connectivity index is 2.14. The standard InChI is InChI=1S/C17H21ClFN3O/c1-10(2)9-22-12(4)13(11(3)21-22)8-16(23)20-15-7-5-6-14(18)17(15)19/h5-7,10H,8-9H2,1-4H3,(H,20,23). The van der Waals surface area contributed by atoms with Crippen molar-refractivity contribution in [1.29, 1.82) is 0 Å². The first-order chi connectivity index (χ1) is 10.8. The molecule has 1 N–H and O–H groups in total. The normalized spacial score (nSPS) is 11.1. The number of nitrogens with one attached hydrogen (secondary N) is 1. The summed E-state index contributed by atoms with van der Waals surface area (Å²) < 4.78 is 15.8. The average Bonchev–Trinajstić information content (AvgIpc) is 2.71. The predicted molar refractivity (Wildman–Crippen MR) is 90.3 cm³/mol. The number of hydrogen-bond donors (Lipinski definition) is 1. The number of benzene rings is 1. The maximum atomic E-state index is 13.8. The molecule has 4 nitrogen and oxygen atoms in total. The molecule has 0 aliphatic carbocycles. The molecule has 6 heteroatoms. The second-order valence-electron chi connectivity index (χ2n) is 6.05. The highest BCUT2D eigenvalue weighted by Crippen LogP contribution is 2.22. The van der Waals surface area contributed by atoms with Crippen LogP contribution in [0.3, 0.4) is 0 Å². The summed E-state index contributed by atoms with van der Waals surface area (Å²) in [7, 11) is 0. The third-order valence-corrected chi connectivity index (χ3v) is 3.92. The minimum atomic E-state index is -0.619. The lowest BCUT2D eigenvalue weighted by atomic mass is 10.1. The van der Waals surface area contributed by atoms with Gasteiger partial charge in [-0.15, -0.1) is 0 Å². The van der Waals surface area contributed by atoms with Crippen molar-refractivity contribution in [2.45, 2.75) is 40.7 Å². The third-order valence-electron chi connectivity index (χ3n) is 3.63. The minimum Gasteiger partial charge on any atom is -0.323 e. The molecule has 0 saturated heterocycles. The Labute approximate surface area is 140 Å². The lowest BCUT2D eigenvalue weighted by Crippen LogP contribution is -2.16. The molecule has 0 aliphatic heterocycles. The van der Waals surface area contributed by atoms with Gasteiger partial charge in [0.25, 0.3) is 0 Å². The summed E-state index contributed by atoms with van der Waals surface area (Å²) in [6.07, 6.45) is 0.154. The van der Waals surface area contributed by atoms with Gasteiger partial charge < -0.3 is 5.32 Å². The highest BCUT2D eigenvalue weighted by atomic mass is 35.5. The van der Waals surface area contributed by atoms with Gasteiger partial charge in [0.2, 0.25) is 5.91 Å². The van der Waals surface area contributed by atoms with E-state index in [0.29, 0.717) is 5.92 Å². The van der Waals surface area contributed by atoms with Crippen LogP contribution in [0.1, 0.15) is 30.8 Å². The van der Waals surface area contributed by atoms with Crippen LogP contribution in [0.5, 0.6) is 0 Å². The van der Waals surface area contributed by atoms with Crippen molar-refractivity contribution in [3.63, 3.8) is 0 Å². The van der Waals surface area contributed by atoms with Gasteiger partial charge in [0, 0.05) is 17.8 Å². The molecule has 0 spiro atoms. The van der Waals surface area contributed by atoms with Crippen molar-refractivity contribution >= 4 is 23.2 Å². The van der Waals surface area contributed by atoms with Gasteiger partial charge in [-0.05, 0) is 31.9 Å². The van der Waals surface area contributed by atoms with E-state index in [4.69, 9.17) is 11.6 Å². The van der Waals surface area contributed by atoms with Crippen LogP contribution in [0, 0.1) is 25.6 Å². The molecule has 1 amide bonds. The second-order valence-corrected chi connectivity index (χ2v) is 6.46. The number of aromatic nitrogens is 2. The van der Waals surface area contributed by atoms with E-state index in [2.05, 4.69) is 24.3 Å². The van der Waals surface area contributed by atoms with Gasteiger partial charge in [0.1, 0.15) is 0 Å². The first kappa shape index (κ1) is 17.5. The molecule has 0 unspecified atom stereocenters. The fourth-order valence-electron chi connectivity index (χ4n) is 2.47. The molecule has 2 rings (SSSR count). The van der Waals surface area contributed by atoms with Crippen LogP contribution >= 0.6 is 11.6 Å². The molecule has 1 heterocycles. The summed E-state index contributed by atoms with van der Waals surface area (Å²) in [5.41, 5.74) is 2.76. The number of carbonyl (C=O) groups excluding carboxylic acids is 1. The van der Waals surface area contributed by atoms with Gasteiger partial charge in [0.15, 0.2) is 5.82 Å². The molecular weight excluding hydrogens is 317 g/mol. The molecule has 124 valence electrons. The van der Waals surface area contributed by atoms with Crippen LogP contribution in [0.2, 0.25) is 5.02 Å². The van der Waals surface area contributed by atoms with Gasteiger partial charge in [-0.1, -0.05) is 31.5 Å². The van der Waals surface area contributed by atoms with Gasteiger partial charge in [0.05, 0.1) is 22.8 Å². The number of nitrogens with zero attached hydrogens (tertiary/aromatic N) is 2. The first-order valence-electron chi connectivity index (χ1n) is 7.56. The molecule has 0 radical (unpaired) electrons. The summed E-state index contributed by atoms with van der Waals surface area (Å²) in [5.74, 6) is -0.442. The maximum absolute atomic E-state index is 13.8. The Kier molecular flexibility index (Phi) is 5.42. The summed E-state index contributed by atoms with van der Waals surface area (Å²) in [4.78, 5) is 12.2. The molecule has 0 saturated carbocycles. The van der Waals surface area contributed by atoms with Crippen molar-refractivity contribution in [2.75, 3.05) is 5.32 Å². The molecular formula is C17H21ClFN3O. The maximum Gasteiger partial charge on any atom is 0.229 e. The number of carbonyl (C=O) groups is 1. The number of hydrogen-bond acceptors (Lipinski definition) is 2. The molecule has 0 fully saturated rings. The Hall–Kier alpha value is -1.88. The lowest BCUT2D eigenvalue weighted by Gasteiger charge is -2.09. The molecule has 0 bridgehead atoms. The monoisotopic (exact) mass is 337 g/mol. The fraction of sp³-hybridized carbons (Fsp3) is 0.412. The van der Waals surface area contributed by atoms with Crippen LogP contribution in [0.4, 0.5) is 10.1 Å². The second kappa shape index (κ2) is 7.13. The molecule has 0 aliphatic rings. The number of rotatable bonds is 5. The van der Waals surface area contributed by atoms with Gasteiger partial charge in [-0.2, -0.15) is 5.10 Å². The van der Waals surface area contributed by atoms with Crippen LogP contribution in [-0.4, -0.2) is 15.7 Å². The van der Waals surface area contributed by atoms with E-state index in [9.17, 15) is 9.18 Å². The smallest absolute Gasteiger partial charge is 0.229 e. The number of anilines is 1. The van der Waals surface area contributed by atoms with Gasteiger partial charge in [-0.3, -0.25) is 9.48 Å². The summed E-state index contributed by atoms with van der Waals surface area (Å²) in [6, 6.07) is 4.52. The predicted octanol–water partition coefficient (Wildman–Crippen LogP) is 4.13. The van der Waals surface area contributed by atoms with Crippen molar-refractivity contribution < 1.29 is 9.18 Å². The summed E-state index contributed by atoms with van der Waals surface area (Å²) in [5, 5.41) is 7.04. The van der Waals surface area contributed by atoms with Crippen molar-refractivity contribution in [1.82, 2.24) is 9.78 Å². The molecule has 1 aromatic carbocycles. The molecule has 0 atom stereocenters. The highest BCUT2D eigenvalue weighted by molar-refractivity contribution is 6.31. The fourth-order valence-corrected chi connectivity index (χ4v) is 2.64. The molecule has 23 heavy (non-hydrogen) atoms. The van der Waals surface area contributed by atoms with Crippen LogP contribution in [-0.2, 0) is 17.8 Å². The molecule has 2 aromatic rings. The van der Waals surface area contributed by atoms with Crippen LogP contribution in [0.15, 0.2) is 18.2 Å². The Morgan fingerprint density at radius 2 is 2.09 bits per heavy atom.